The van der Waals surface area contributed by atoms with Crippen LogP contribution in [0.25, 0.3) is 10.9 Å². The lowest BCUT2D eigenvalue weighted by Crippen LogP contribution is -2.47. The van der Waals surface area contributed by atoms with Crippen molar-refractivity contribution in [2.45, 2.75) is 25.3 Å². The Hall–Kier alpha value is -3.00. The van der Waals surface area contributed by atoms with Crippen molar-refractivity contribution in [1.82, 2.24) is 19.5 Å². The predicted molar refractivity (Wildman–Crippen MR) is 112 cm³/mol. The molecule has 3 aromatic rings. The highest BCUT2D eigenvalue weighted by molar-refractivity contribution is 5.81. The molecule has 1 saturated carbocycles. The molecule has 2 fully saturated rings. The second-order valence-electron chi connectivity index (χ2n) is 7.68. The maximum atomic E-state index is 12.5. The minimum Gasteiger partial charge on any atom is -0.395 e. The first-order valence-corrected chi connectivity index (χ1v) is 10.2. The quantitative estimate of drug-likeness (QED) is 0.702. The van der Waals surface area contributed by atoms with Crippen LogP contribution in [-0.4, -0.2) is 57.4 Å². The van der Waals surface area contributed by atoms with Gasteiger partial charge in [0.25, 0.3) is 5.56 Å². The van der Waals surface area contributed by atoms with E-state index in [1.54, 1.807) is 12.4 Å². The van der Waals surface area contributed by atoms with E-state index in [0.29, 0.717) is 16.8 Å². The number of benzene rings is 1. The zero-order valence-corrected chi connectivity index (χ0v) is 16.2. The molecule has 1 aromatic carbocycles. The molecular formula is C21H24N6O2. The van der Waals surface area contributed by atoms with Gasteiger partial charge >= 0.3 is 0 Å². The number of nitrogens with zero attached hydrogens (tertiary/aromatic N) is 6. The van der Waals surface area contributed by atoms with E-state index in [2.05, 4.69) is 24.8 Å². The lowest BCUT2D eigenvalue weighted by atomic mass is 10.2. The van der Waals surface area contributed by atoms with Gasteiger partial charge in [-0.3, -0.25) is 14.3 Å². The zero-order chi connectivity index (χ0) is 19.8. The molecule has 0 atom stereocenters. The van der Waals surface area contributed by atoms with Gasteiger partial charge < -0.3 is 14.9 Å². The number of aliphatic hydroxyl groups is 1. The Bertz CT molecular complexity index is 1090. The molecule has 0 spiro atoms. The number of rotatable bonds is 5. The summed E-state index contributed by atoms with van der Waals surface area (Å²) in [7, 11) is 0. The standard InChI is InChI=1S/C21H24N6O2/c28-12-11-27-14-24-18-13-16(3-4-17(18)21(27)29)25-7-9-26(10-8-25)20-19(15-1-2-15)22-5-6-23-20/h3-6,13-15,28H,1-2,7-12H2. The lowest BCUT2D eigenvalue weighted by molar-refractivity contribution is 0.274. The van der Waals surface area contributed by atoms with Crippen LogP contribution in [-0.2, 0) is 6.54 Å². The molecule has 0 amide bonds. The topological polar surface area (TPSA) is 87.4 Å². The van der Waals surface area contributed by atoms with Gasteiger partial charge in [-0.15, -0.1) is 0 Å². The van der Waals surface area contributed by atoms with Gasteiger partial charge in [0.1, 0.15) is 0 Å². The molecule has 8 heteroatoms. The Morgan fingerprint density at radius 3 is 2.52 bits per heavy atom. The van der Waals surface area contributed by atoms with Gasteiger partial charge in [-0.25, -0.2) is 9.97 Å². The SMILES string of the molecule is O=c1c2ccc(N3CCN(c4nccnc4C4CC4)CC3)cc2ncn1CCO. The van der Waals surface area contributed by atoms with Gasteiger partial charge in [-0.1, -0.05) is 0 Å². The Labute approximate surface area is 168 Å². The van der Waals surface area contributed by atoms with E-state index >= 15 is 0 Å². The molecule has 0 radical (unpaired) electrons. The molecule has 0 bridgehead atoms. The molecule has 3 heterocycles. The molecule has 1 aliphatic carbocycles. The minimum atomic E-state index is -0.115. The third kappa shape index (κ3) is 3.44. The summed E-state index contributed by atoms with van der Waals surface area (Å²) in [6.45, 7) is 3.73. The van der Waals surface area contributed by atoms with Crippen LogP contribution in [0, 0.1) is 0 Å². The van der Waals surface area contributed by atoms with Gasteiger partial charge in [-0.05, 0) is 31.0 Å². The van der Waals surface area contributed by atoms with Crippen molar-refractivity contribution in [2.24, 2.45) is 0 Å². The van der Waals surface area contributed by atoms with Crippen LogP contribution in [0.1, 0.15) is 24.5 Å². The van der Waals surface area contributed by atoms with E-state index in [0.717, 1.165) is 43.4 Å². The minimum absolute atomic E-state index is 0.0797. The molecular weight excluding hydrogens is 368 g/mol. The first-order valence-electron chi connectivity index (χ1n) is 10.2. The van der Waals surface area contributed by atoms with Crippen LogP contribution in [0.15, 0.2) is 41.7 Å². The second kappa shape index (κ2) is 7.44. The molecule has 8 nitrogen and oxygen atoms in total. The molecule has 1 N–H and O–H groups in total. The van der Waals surface area contributed by atoms with Gasteiger partial charge in [0.15, 0.2) is 5.82 Å². The summed E-state index contributed by atoms with van der Waals surface area (Å²) in [6, 6.07) is 5.81. The Morgan fingerprint density at radius 2 is 1.76 bits per heavy atom. The molecule has 1 saturated heterocycles. The number of hydrogen-bond donors (Lipinski definition) is 1. The van der Waals surface area contributed by atoms with Crippen LogP contribution in [0.2, 0.25) is 0 Å². The summed E-state index contributed by atoms with van der Waals surface area (Å²) in [5.74, 6) is 1.62. The van der Waals surface area contributed by atoms with Crippen LogP contribution < -0.4 is 15.4 Å². The summed E-state index contributed by atoms with van der Waals surface area (Å²) >= 11 is 0. The first kappa shape index (κ1) is 18.1. The smallest absolute Gasteiger partial charge is 0.261 e. The summed E-state index contributed by atoms with van der Waals surface area (Å²) in [6.07, 6.45) is 7.53. The number of piperazine rings is 1. The maximum absolute atomic E-state index is 12.5. The molecule has 1 aliphatic heterocycles. The van der Waals surface area contributed by atoms with Gasteiger partial charge in [-0.2, -0.15) is 0 Å². The van der Waals surface area contributed by atoms with Crippen molar-refractivity contribution in [2.75, 3.05) is 42.6 Å². The summed E-state index contributed by atoms with van der Waals surface area (Å²) in [5.41, 5.74) is 2.80. The number of aliphatic hydroxyl groups excluding tert-OH is 1. The van der Waals surface area contributed by atoms with Crippen LogP contribution in [0.5, 0.6) is 0 Å². The number of aromatic nitrogens is 4. The first-order chi connectivity index (χ1) is 14.2. The van der Waals surface area contributed by atoms with E-state index in [9.17, 15) is 4.79 Å². The highest BCUT2D eigenvalue weighted by atomic mass is 16.3. The number of fused-ring (bicyclic) bond motifs is 1. The number of anilines is 2. The third-order valence-corrected chi connectivity index (χ3v) is 5.76. The average molecular weight is 392 g/mol. The molecule has 0 unspecified atom stereocenters. The van der Waals surface area contributed by atoms with Crippen molar-refractivity contribution in [3.63, 3.8) is 0 Å². The molecule has 150 valence electrons. The van der Waals surface area contributed by atoms with Gasteiger partial charge in [0, 0.05) is 50.2 Å². The largest absolute Gasteiger partial charge is 0.395 e. The van der Waals surface area contributed by atoms with E-state index in [4.69, 9.17) is 5.11 Å². The van der Waals surface area contributed by atoms with Crippen molar-refractivity contribution in [1.29, 1.82) is 0 Å². The summed E-state index contributed by atoms with van der Waals surface area (Å²) < 4.78 is 1.44. The van der Waals surface area contributed by atoms with Crippen molar-refractivity contribution >= 4 is 22.4 Å². The fraction of sp³-hybridized carbons (Fsp3) is 0.429. The van der Waals surface area contributed by atoms with E-state index in [1.807, 2.05) is 18.2 Å². The van der Waals surface area contributed by atoms with Crippen molar-refractivity contribution < 1.29 is 5.11 Å². The highest BCUT2D eigenvalue weighted by Crippen LogP contribution is 2.42. The van der Waals surface area contributed by atoms with Gasteiger partial charge in [0.05, 0.1) is 36.1 Å². The van der Waals surface area contributed by atoms with Crippen LogP contribution in [0.4, 0.5) is 11.5 Å². The third-order valence-electron chi connectivity index (χ3n) is 5.76. The van der Waals surface area contributed by atoms with E-state index < -0.39 is 0 Å². The Kier molecular flexibility index (Phi) is 4.63. The summed E-state index contributed by atoms with van der Waals surface area (Å²) in [4.78, 5) is 30.7. The highest BCUT2D eigenvalue weighted by Gasteiger charge is 2.31. The molecule has 5 rings (SSSR count). The van der Waals surface area contributed by atoms with Crippen LogP contribution >= 0.6 is 0 Å². The molecule has 29 heavy (non-hydrogen) atoms. The van der Waals surface area contributed by atoms with Crippen molar-refractivity contribution in [3.05, 3.63) is 53.0 Å². The van der Waals surface area contributed by atoms with Gasteiger partial charge in [0.2, 0.25) is 0 Å². The Balaban J connectivity index is 1.34. The van der Waals surface area contributed by atoms with Crippen LogP contribution in [0.3, 0.4) is 0 Å². The lowest BCUT2D eigenvalue weighted by Gasteiger charge is -2.37. The average Bonchev–Trinajstić information content (AvgIpc) is 3.61. The number of hydrogen-bond acceptors (Lipinski definition) is 7. The molecule has 2 aliphatic rings. The zero-order valence-electron chi connectivity index (χ0n) is 16.2. The maximum Gasteiger partial charge on any atom is 0.261 e. The second-order valence-corrected chi connectivity index (χ2v) is 7.68. The predicted octanol–water partition coefficient (Wildman–Crippen LogP) is 1.38. The fourth-order valence-electron chi connectivity index (χ4n) is 4.02. The molecule has 2 aromatic heterocycles. The monoisotopic (exact) mass is 392 g/mol. The van der Waals surface area contributed by atoms with Crippen molar-refractivity contribution in [3.8, 4) is 0 Å². The Morgan fingerprint density at radius 1 is 1.00 bits per heavy atom. The summed E-state index contributed by atoms with van der Waals surface area (Å²) in [5, 5.41) is 9.66. The normalized spacial score (nSPS) is 17.1. The van der Waals surface area contributed by atoms with E-state index in [1.165, 1.54) is 23.7 Å². The fourth-order valence-corrected chi connectivity index (χ4v) is 4.02. The van der Waals surface area contributed by atoms with E-state index in [-0.39, 0.29) is 18.7 Å².